The first-order chi connectivity index (χ1) is 16.0. The van der Waals surface area contributed by atoms with E-state index in [2.05, 4.69) is 4.98 Å². The standard InChI is InChI=1S/C25H23N3O4S/c1-16-22(17-8-4-3-5-9-17)23-24(33-16)26-15-28(25(23)30)13-21(29)27(2)12-18-14-31-19-10-6-7-11-20(19)32-18/h3-11,15,18H,12-14H2,1-2H3/t18-/m0/s1. The zero-order valence-corrected chi connectivity index (χ0v) is 19.2. The van der Waals surface area contributed by atoms with Gasteiger partial charge in [0, 0.05) is 17.5 Å². The third-order valence-corrected chi connectivity index (χ3v) is 6.71. The number of aryl methyl sites for hydroxylation is 1. The van der Waals surface area contributed by atoms with E-state index >= 15 is 0 Å². The normalized spacial score (nSPS) is 14.9. The minimum atomic E-state index is -0.282. The van der Waals surface area contributed by atoms with Crippen molar-refractivity contribution in [1.82, 2.24) is 14.5 Å². The molecule has 1 amide bonds. The second-order valence-electron chi connectivity index (χ2n) is 8.03. The van der Waals surface area contributed by atoms with Gasteiger partial charge >= 0.3 is 0 Å². The van der Waals surface area contributed by atoms with Crippen LogP contribution >= 0.6 is 11.3 Å². The minimum Gasteiger partial charge on any atom is -0.486 e. The number of para-hydroxylation sites is 2. The molecule has 168 valence electrons. The van der Waals surface area contributed by atoms with Crippen molar-refractivity contribution in [3.63, 3.8) is 0 Å². The number of hydrogen-bond acceptors (Lipinski definition) is 6. The van der Waals surface area contributed by atoms with Crippen molar-refractivity contribution >= 4 is 27.5 Å². The number of ether oxygens (including phenoxy) is 2. The monoisotopic (exact) mass is 461 g/mol. The number of aromatic nitrogens is 2. The number of hydrogen-bond donors (Lipinski definition) is 0. The number of carbonyl (C=O) groups excluding carboxylic acids is 1. The molecule has 0 saturated carbocycles. The van der Waals surface area contributed by atoms with Gasteiger partial charge in [-0.25, -0.2) is 4.98 Å². The summed E-state index contributed by atoms with van der Waals surface area (Å²) >= 11 is 1.49. The summed E-state index contributed by atoms with van der Waals surface area (Å²) in [5.41, 5.74) is 1.64. The maximum absolute atomic E-state index is 13.3. The molecule has 0 aliphatic carbocycles. The van der Waals surface area contributed by atoms with Gasteiger partial charge in [0.05, 0.1) is 18.3 Å². The van der Waals surface area contributed by atoms with Crippen LogP contribution in [0.1, 0.15) is 4.88 Å². The van der Waals surface area contributed by atoms with Crippen LogP contribution in [-0.4, -0.2) is 46.7 Å². The summed E-state index contributed by atoms with van der Waals surface area (Å²) in [6, 6.07) is 17.3. The number of rotatable bonds is 5. The molecule has 2 aromatic heterocycles. The smallest absolute Gasteiger partial charge is 0.263 e. The largest absolute Gasteiger partial charge is 0.486 e. The Labute approximate surface area is 194 Å². The van der Waals surface area contributed by atoms with E-state index in [4.69, 9.17) is 9.47 Å². The molecule has 0 radical (unpaired) electrons. The van der Waals surface area contributed by atoms with Gasteiger partial charge in [-0.2, -0.15) is 0 Å². The summed E-state index contributed by atoms with van der Waals surface area (Å²) < 4.78 is 13.1. The summed E-state index contributed by atoms with van der Waals surface area (Å²) in [6.45, 7) is 2.61. The van der Waals surface area contributed by atoms with Crippen molar-refractivity contribution in [2.75, 3.05) is 20.2 Å². The molecule has 0 fully saturated rings. The van der Waals surface area contributed by atoms with Crippen LogP contribution in [0.25, 0.3) is 21.3 Å². The van der Waals surface area contributed by atoms with Gasteiger partial charge < -0.3 is 14.4 Å². The van der Waals surface area contributed by atoms with Crippen LogP contribution in [0.4, 0.5) is 0 Å². The molecule has 0 saturated heterocycles. The second kappa shape index (κ2) is 8.71. The number of nitrogens with zero attached hydrogens (tertiary/aromatic N) is 3. The van der Waals surface area contributed by atoms with Crippen molar-refractivity contribution in [3.8, 4) is 22.6 Å². The summed E-state index contributed by atoms with van der Waals surface area (Å²) in [4.78, 5) is 34.0. The van der Waals surface area contributed by atoms with Crippen molar-refractivity contribution in [1.29, 1.82) is 0 Å². The van der Waals surface area contributed by atoms with Gasteiger partial charge in [-0.05, 0) is 24.6 Å². The fraction of sp³-hybridized carbons (Fsp3) is 0.240. The molecule has 3 heterocycles. The average molecular weight is 462 g/mol. The van der Waals surface area contributed by atoms with Crippen LogP contribution in [0.5, 0.6) is 11.5 Å². The predicted molar refractivity (Wildman–Crippen MR) is 128 cm³/mol. The van der Waals surface area contributed by atoms with Crippen molar-refractivity contribution < 1.29 is 14.3 Å². The van der Waals surface area contributed by atoms with Crippen LogP contribution < -0.4 is 15.0 Å². The first kappa shape index (κ1) is 21.2. The number of carbonyl (C=O) groups is 1. The molecule has 8 heteroatoms. The van der Waals surface area contributed by atoms with Crippen LogP contribution in [0, 0.1) is 6.92 Å². The Kier molecular flexibility index (Phi) is 5.60. The van der Waals surface area contributed by atoms with Gasteiger partial charge in [-0.1, -0.05) is 42.5 Å². The van der Waals surface area contributed by atoms with Crippen LogP contribution in [0.15, 0.2) is 65.7 Å². The molecule has 0 spiro atoms. The van der Waals surface area contributed by atoms with Gasteiger partial charge in [0.15, 0.2) is 17.6 Å². The third kappa shape index (κ3) is 4.09. The highest BCUT2D eigenvalue weighted by Gasteiger charge is 2.24. The lowest BCUT2D eigenvalue weighted by atomic mass is 10.0. The van der Waals surface area contributed by atoms with E-state index in [1.54, 1.807) is 11.9 Å². The van der Waals surface area contributed by atoms with E-state index in [0.29, 0.717) is 34.9 Å². The molecule has 1 atom stereocenters. The number of fused-ring (bicyclic) bond motifs is 2. The number of amides is 1. The molecular formula is C25H23N3O4S. The maximum Gasteiger partial charge on any atom is 0.263 e. The Morgan fingerprint density at radius 1 is 1.15 bits per heavy atom. The van der Waals surface area contributed by atoms with Gasteiger partial charge in [0.25, 0.3) is 5.56 Å². The molecule has 7 nitrogen and oxygen atoms in total. The lowest BCUT2D eigenvalue weighted by Gasteiger charge is -2.29. The SMILES string of the molecule is Cc1sc2ncn(CC(=O)N(C)C[C@H]3COc4ccccc4O3)c(=O)c2c1-c1ccccc1. The van der Waals surface area contributed by atoms with Crippen molar-refractivity contribution in [2.24, 2.45) is 0 Å². The third-order valence-electron chi connectivity index (χ3n) is 5.69. The Bertz CT molecular complexity index is 1380. The molecule has 2 aromatic carbocycles. The Morgan fingerprint density at radius 3 is 2.67 bits per heavy atom. The Morgan fingerprint density at radius 2 is 1.88 bits per heavy atom. The predicted octanol–water partition coefficient (Wildman–Crippen LogP) is 3.73. The molecule has 0 N–H and O–H groups in total. The fourth-order valence-corrected chi connectivity index (χ4v) is 5.03. The summed E-state index contributed by atoms with van der Waals surface area (Å²) in [5.74, 6) is 1.17. The number of thiophene rings is 1. The Balaban J connectivity index is 1.35. The summed E-state index contributed by atoms with van der Waals surface area (Å²) in [6.07, 6.45) is 1.17. The lowest BCUT2D eigenvalue weighted by molar-refractivity contribution is -0.132. The molecule has 0 unspecified atom stereocenters. The fourth-order valence-electron chi connectivity index (χ4n) is 4.03. The van der Waals surface area contributed by atoms with Gasteiger partial charge in [-0.3, -0.25) is 14.2 Å². The second-order valence-corrected chi connectivity index (χ2v) is 9.23. The molecule has 33 heavy (non-hydrogen) atoms. The van der Waals surface area contributed by atoms with Gasteiger partial charge in [0.2, 0.25) is 5.91 Å². The van der Waals surface area contributed by atoms with Gasteiger partial charge in [0.1, 0.15) is 18.0 Å². The van der Waals surface area contributed by atoms with E-state index in [-0.39, 0.29) is 24.1 Å². The topological polar surface area (TPSA) is 73.7 Å². The maximum atomic E-state index is 13.3. The molecule has 1 aliphatic heterocycles. The summed E-state index contributed by atoms with van der Waals surface area (Å²) in [7, 11) is 1.70. The molecule has 5 rings (SSSR count). The molecule has 4 aromatic rings. The number of likely N-dealkylation sites (N-methyl/N-ethyl adjacent to an activating group) is 1. The Hall–Kier alpha value is -3.65. The zero-order chi connectivity index (χ0) is 22.9. The van der Waals surface area contributed by atoms with Crippen molar-refractivity contribution in [3.05, 3.63) is 76.2 Å². The molecule has 0 bridgehead atoms. The first-order valence-corrected chi connectivity index (χ1v) is 11.5. The highest BCUT2D eigenvalue weighted by molar-refractivity contribution is 7.19. The van der Waals surface area contributed by atoms with Gasteiger partial charge in [-0.15, -0.1) is 11.3 Å². The molecule has 1 aliphatic rings. The highest BCUT2D eigenvalue weighted by atomic mass is 32.1. The number of benzene rings is 2. The van der Waals surface area contributed by atoms with E-state index < -0.39 is 0 Å². The average Bonchev–Trinajstić information content (AvgIpc) is 3.18. The highest BCUT2D eigenvalue weighted by Crippen LogP contribution is 2.35. The minimum absolute atomic E-state index is 0.0917. The molecular weight excluding hydrogens is 438 g/mol. The van der Waals surface area contributed by atoms with E-state index in [1.807, 2.05) is 61.5 Å². The zero-order valence-electron chi connectivity index (χ0n) is 18.4. The quantitative estimate of drug-likeness (QED) is 0.453. The van der Waals surface area contributed by atoms with E-state index in [0.717, 1.165) is 16.0 Å². The van der Waals surface area contributed by atoms with E-state index in [9.17, 15) is 9.59 Å². The van der Waals surface area contributed by atoms with Crippen LogP contribution in [-0.2, 0) is 11.3 Å². The lowest BCUT2D eigenvalue weighted by Crippen LogP contribution is -2.43. The summed E-state index contributed by atoms with van der Waals surface area (Å²) in [5, 5.41) is 0.558. The van der Waals surface area contributed by atoms with Crippen molar-refractivity contribution in [2.45, 2.75) is 19.6 Å². The first-order valence-electron chi connectivity index (χ1n) is 10.7. The van der Waals surface area contributed by atoms with Crippen LogP contribution in [0.2, 0.25) is 0 Å². The van der Waals surface area contributed by atoms with E-state index in [1.165, 1.54) is 22.2 Å². The van der Waals surface area contributed by atoms with Crippen LogP contribution in [0.3, 0.4) is 0 Å².